The van der Waals surface area contributed by atoms with Crippen LogP contribution in [0.15, 0.2) is 79.0 Å². The van der Waals surface area contributed by atoms with E-state index >= 15 is 0 Å². The van der Waals surface area contributed by atoms with Gasteiger partial charge in [-0.15, -0.1) is 5.10 Å². The summed E-state index contributed by atoms with van der Waals surface area (Å²) < 4.78 is 32.4. The van der Waals surface area contributed by atoms with Crippen LogP contribution in [0.2, 0.25) is 0 Å². The highest BCUT2D eigenvalue weighted by atomic mass is 19.2. The van der Waals surface area contributed by atoms with E-state index in [0.29, 0.717) is 28.7 Å². The Balaban J connectivity index is 1.53. The van der Waals surface area contributed by atoms with Gasteiger partial charge in [-0.05, 0) is 36.4 Å². The van der Waals surface area contributed by atoms with Gasteiger partial charge < -0.3 is 15.4 Å². The number of anilines is 4. The van der Waals surface area contributed by atoms with Gasteiger partial charge in [-0.3, -0.25) is 0 Å². The van der Waals surface area contributed by atoms with Crippen molar-refractivity contribution < 1.29 is 13.5 Å². The van der Waals surface area contributed by atoms with Crippen molar-refractivity contribution in [3.8, 4) is 11.5 Å². The van der Waals surface area contributed by atoms with E-state index in [9.17, 15) is 8.78 Å². The Kier molecular flexibility index (Phi) is 5.24. The van der Waals surface area contributed by atoms with Crippen LogP contribution in [-0.2, 0) is 0 Å². The first-order chi connectivity index (χ1) is 14.2. The van der Waals surface area contributed by atoms with Crippen molar-refractivity contribution >= 4 is 23.1 Å². The summed E-state index contributed by atoms with van der Waals surface area (Å²) in [5, 5.41) is 13.7. The predicted octanol–water partition coefficient (Wildman–Crippen LogP) is 5.43. The molecule has 0 spiro atoms. The molecule has 6 nitrogen and oxygen atoms in total. The molecule has 4 aromatic rings. The van der Waals surface area contributed by atoms with E-state index < -0.39 is 11.6 Å². The van der Waals surface area contributed by atoms with E-state index in [2.05, 4.69) is 25.8 Å². The van der Waals surface area contributed by atoms with Crippen molar-refractivity contribution in [1.82, 2.24) is 15.2 Å². The average molecular weight is 391 g/mol. The quantitative estimate of drug-likeness (QED) is 0.457. The highest BCUT2D eigenvalue weighted by Gasteiger charge is 2.08. The Morgan fingerprint density at radius 2 is 1.59 bits per heavy atom. The van der Waals surface area contributed by atoms with Gasteiger partial charge in [0.25, 0.3) is 0 Å². The van der Waals surface area contributed by atoms with Gasteiger partial charge in [-0.1, -0.05) is 30.3 Å². The van der Waals surface area contributed by atoms with Crippen molar-refractivity contribution in [2.24, 2.45) is 0 Å². The molecule has 1 aromatic heterocycles. The molecule has 0 fully saturated rings. The lowest BCUT2D eigenvalue weighted by Gasteiger charge is -2.13. The lowest BCUT2D eigenvalue weighted by atomic mass is 10.3. The van der Waals surface area contributed by atoms with Crippen molar-refractivity contribution in [2.75, 3.05) is 10.6 Å². The number of halogens is 2. The maximum atomic E-state index is 13.4. The van der Waals surface area contributed by atoms with Gasteiger partial charge in [0.1, 0.15) is 5.75 Å². The molecule has 2 N–H and O–H groups in total. The third-order valence-corrected chi connectivity index (χ3v) is 3.86. The Morgan fingerprint density at radius 3 is 2.41 bits per heavy atom. The van der Waals surface area contributed by atoms with Gasteiger partial charge in [0, 0.05) is 11.8 Å². The van der Waals surface area contributed by atoms with Crippen LogP contribution in [0.1, 0.15) is 0 Å². The topological polar surface area (TPSA) is 72.0 Å². The number of hydrogen-bond acceptors (Lipinski definition) is 6. The van der Waals surface area contributed by atoms with Crippen molar-refractivity contribution in [3.05, 3.63) is 90.6 Å². The molecule has 0 aliphatic carbocycles. The normalized spacial score (nSPS) is 10.4. The summed E-state index contributed by atoms with van der Waals surface area (Å²) in [4.78, 5) is 4.30. The predicted molar refractivity (Wildman–Crippen MR) is 106 cm³/mol. The van der Waals surface area contributed by atoms with E-state index in [1.165, 1.54) is 12.3 Å². The zero-order valence-corrected chi connectivity index (χ0v) is 15.0. The molecule has 0 amide bonds. The molecule has 0 unspecified atom stereocenters. The first-order valence-electron chi connectivity index (χ1n) is 8.68. The molecule has 0 radical (unpaired) electrons. The summed E-state index contributed by atoms with van der Waals surface area (Å²) in [5.41, 5.74) is 0.978. The first kappa shape index (κ1) is 18.3. The molecule has 0 aliphatic heterocycles. The molecule has 144 valence electrons. The number of aromatic nitrogens is 3. The highest BCUT2D eigenvalue weighted by molar-refractivity contribution is 5.65. The smallest absolute Gasteiger partial charge is 0.249 e. The molecule has 8 heteroatoms. The van der Waals surface area contributed by atoms with E-state index in [4.69, 9.17) is 4.74 Å². The van der Waals surface area contributed by atoms with Crippen molar-refractivity contribution in [1.29, 1.82) is 0 Å². The zero-order valence-electron chi connectivity index (χ0n) is 15.0. The minimum Gasteiger partial charge on any atom is -0.455 e. The van der Waals surface area contributed by atoms with Crippen molar-refractivity contribution in [3.63, 3.8) is 0 Å². The van der Waals surface area contributed by atoms with Crippen LogP contribution < -0.4 is 15.4 Å². The number of rotatable bonds is 6. The number of nitrogens with zero attached hydrogens (tertiary/aromatic N) is 3. The van der Waals surface area contributed by atoms with Gasteiger partial charge in [0.2, 0.25) is 5.95 Å². The van der Waals surface area contributed by atoms with Crippen LogP contribution >= 0.6 is 0 Å². The van der Waals surface area contributed by atoms with E-state index in [0.717, 1.165) is 12.1 Å². The summed E-state index contributed by atoms with van der Waals surface area (Å²) >= 11 is 0. The van der Waals surface area contributed by atoms with Gasteiger partial charge >= 0.3 is 0 Å². The van der Waals surface area contributed by atoms with Crippen LogP contribution in [-0.4, -0.2) is 15.2 Å². The summed E-state index contributed by atoms with van der Waals surface area (Å²) in [7, 11) is 0. The minimum atomic E-state index is -0.968. The van der Waals surface area contributed by atoms with Crippen molar-refractivity contribution in [2.45, 2.75) is 0 Å². The maximum Gasteiger partial charge on any atom is 0.249 e. The Hall–Kier alpha value is -4.07. The fourth-order valence-electron chi connectivity index (χ4n) is 2.53. The second-order valence-electron chi connectivity index (χ2n) is 5.96. The third-order valence-electron chi connectivity index (χ3n) is 3.86. The highest BCUT2D eigenvalue weighted by Crippen LogP contribution is 2.31. The second-order valence-corrected chi connectivity index (χ2v) is 5.96. The number of ether oxygens (including phenoxy) is 1. The maximum absolute atomic E-state index is 13.4. The molecule has 0 bridgehead atoms. The number of hydrogen-bond donors (Lipinski definition) is 2. The largest absolute Gasteiger partial charge is 0.455 e. The van der Waals surface area contributed by atoms with E-state index in [-0.39, 0.29) is 5.95 Å². The van der Waals surface area contributed by atoms with Gasteiger partial charge in [0.05, 0.1) is 11.9 Å². The molecule has 0 aliphatic rings. The standard InChI is InChI=1S/C21H15F2N5O/c22-16-11-10-14(12-17(16)23)25-21-27-20(13-24-28-21)26-18-8-4-5-9-19(18)29-15-6-2-1-3-7-15/h1-13H,(H2,25,26,27,28). The molecule has 4 rings (SSSR count). The van der Waals surface area contributed by atoms with Crippen LogP contribution in [0.5, 0.6) is 11.5 Å². The van der Waals surface area contributed by atoms with Crippen LogP contribution in [0.25, 0.3) is 0 Å². The molecule has 0 saturated heterocycles. The minimum absolute atomic E-state index is 0.127. The summed E-state index contributed by atoms with van der Waals surface area (Å²) in [6, 6.07) is 20.2. The first-order valence-corrected chi connectivity index (χ1v) is 8.68. The summed E-state index contributed by atoms with van der Waals surface area (Å²) in [5.74, 6) is -0.0726. The van der Waals surface area contributed by atoms with Gasteiger partial charge in [-0.2, -0.15) is 10.1 Å². The van der Waals surface area contributed by atoms with E-state index in [1.807, 2.05) is 54.6 Å². The summed E-state index contributed by atoms with van der Waals surface area (Å²) in [6.07, 6.45) is 1.44. The molecule has 1 heterocycles. The Labute approximate surface area is 165 Å². The van der Waals surface area contributed by atoms with Gasteiger partial charge in [0.15, 0.2) is 23.2 Å². The lowest BCUT2D eigenvalue weighted by Crippen LogP contribution is -2.03. The number of para-hydroxylation sites is 3. The molecular weight excluding hydrogens is 376 g/mol. The Morgan fingerprint density at radius 1 is 0.793 bits per heavy atom. The van der Waals surface area contributed by atoms with Crippen LogP contribution in [0, 0.1) is 11.6 Å². The van der Waals surface area contributed by atoms with Crippen LogP contribution in [0.4, 0.5) is 31.9 Å². The number of benzene rings is 3. The molecule has 0 atom stereocenters. The average Bonchev–Trinajstić information content (AvgIpc) is 2.73. The van der Waals surface area contributed by atoms with Crippen LogP contribution in [0.3, 0.4) is 0 Å². The molecule has 3 aromatic carbocycles. The molecular formula is C21H15F2N5O. The molecule has 29 heavy (non-hydrogen) atoms. The third kappa shape index (κ3) is 4.62. The second kappa shape index (κ2) is 8.30. The summed E-state index contributed by atoms with van der Waals surface area (Å²) in [6.45, 7) is 0. The fourth-order valence-corrected chi connectivity index (χ4v) is 2.53. The fraction of sp³-hybridized carbons (Fsp3) is 0. The monoisotopic (exact) mass is 391 g/mol. The van der Waals surface area contributed by atoms with Gasteiger partial charge in [-0.25, -0.2) is 8.78 Å². The SMILES string of the molecule is Fc1ccc(Nc2nncc(Nc3ccccc3Oc3ccccc3)n2)cc1F. The zero-order chi connectivity index (χ0) is 20.1. The Bertz CT molecular complexity index is 1120. The number of nitrogens with one attached hydrogen (secondary N) is 2. The lowest BCUT2D eigenvalue weighted by molar-refractivity contribution is 0.485. The van der Waals surface area contributed by atoms with E-state index in [1.54, 1.807) is 0 Å². The molecule has 0 saturated carbocycles.